The molecule has 1 aromatic carbocycles. The zero-order valence-corrected chi connectivity index (χ0v) is 19.9. The second kappa shape index (κ2) is 8.97. The normalized spacial score (nSPS) is 30.8. The Morgan fingerprint density at radius 1 is 1.12 bits per heavy atom. The number of fused-ring (bicyclic) bond motifs is 3. The maximum absolute atomic E-state index is 13.2. The Balaban J connectivity index is 1.53. The number of aldehydes is 1. The smallest absolute Gasteiger partial charge is 0.162 e. The van der Waals surface area contributed by atoms with E-state index in [1.807, 2.05) is 24.3 Å². The molecule has 0 amide bonds. The summed E-state index contributed by atoms with van der Waals surface area (Å²) in [6, 6.07) is 8.00. The van der Waals surface area contributed by atoms with Crippen LogP contribution < -0.4 is 4.74 Å². The minimum Gasteiger partial charge on any atom is -0.497 e. The van der Waals surface area contributed by atoms with Gasteiger partial charge in [-0.2, -0.15) is 0 Å². The van der Waals surface area contributed by atoms with Crippen molar-refractivity contribution in [2.75, 3.05) is 13.7 Å². The van der Waals surface area contributed by atoms with Gasteiger partial charge in [0.1, 0.15) is 12.0 Å². The highest BCUT2D eigenvalue weighted by atomic mass is 16.5. The van der Waals surface area contributed by atoms with Crippen LogP contribution in [0.2, 0.25) is 0 Å². The molecule has 0 unspecified atom stereocenters. The zero-order valence-electron chi connectivity index (χ0n) is 19.9. The minimum absolute atomic E-state index is 0.145. The van der Waals surface area contributed by atoms with Crippen LogP contribution in [0.4, 0.5) is 0 Å². The Labute approximate surface area is 192 Å². The topological polar surface area (TPSA) is 52.6 Å². The fraction of sp³-hybridized carbons (Fsp3) is 0.571. The molecule has 0 N–H and O–H groups in total. The molecule has 0 aromatic heterocycles. The molecule has 0 heterocycles. The van der Waals surface area contributed by atoms with Crippen LogP contribution in [-0.4, -0.2) is 25.8 Å². The summed E-state index contributed by atoms with van der Waals surface area (Å²) in [5, 5.41) is 0. The van der Waals surface area contributed by atoms with Gasteiger partial charge < -0.3 is 9.47 Å². The van der Waals surface area contributed by atoms with Crippen LogP contribution in [0.25, 0.3) is 0 Å². The third kappa shape index (κ3) is 4.10. The lowest BCUT2D eigenvalue weighted by Gasteiger charge is -2.48. The van der Waals surface area contributed by atoms with Crippen LogP contribution in [0.5, 0.6) is 5.75 Å². The number of carbonyl (C=O) groups excluding carboxylic acids is 2. The van der Waals surface area contributed by atoms with Crippen molar-refractivity contribution >= 4 is 12.1 Å². The fourth-order valence-electron chi connectivity index (χ4n) is 6.25. The van der Waals surface area contributed by atoms with Crippen LogP contribution >= 0.6 is 0 Å². The summed E-state index contributed by atoms with van der Waals surface area (Å²) < 4.78 is 11.3. The highest BCUT2D eigenvalue weighted by molar-refractivity contribution is 5.99. The molecule has 1 fully saturated rings. The van der Waals surface area contributed by atoms with Gasteiger partial charge in [0.25, 0.3) is 0 Å². The monoisotopic (exact) mass is 436 g/mol. The molecule has 3 aliphatic carbocycles. The summed E-state index contributed by atoms with van der Waals surface area (Å²) >= 11 is 0. The van der Waals surface area contributed by atoms with Gasteiger partial charge in [0.05, 0.1) is 20.3 Å². The van der Waals surface area contributed by atoms with Crippen molar-refractivity contribution in [2.45, 2.75) is 65.9 Å². The third-order valence-electron chi connectivity index (χ3n) is 8.40. The molecule has 4 nitrogen and oxygen atoms in total. The first-order chi connectivity index (χ1) is 15.3. The quantitative estimate of drug-likeness (QED) is 0.397. The molecule has 1 saturated carbocycles. The Morgan fingerprint density at radius 3 is 2.56 bits per heavy atom. The molecule has 172 valence electrons. The number of hydrogen-bond acceptors (Lipinski definition) is 4. The predicted octanol–water partition coefficient (Wildman–Crippen LogP) is 5.85. The van der Waals surface area contributed by atoms with Crippen molar-refractivity contribution in [1.82, 2.24) is 0 Å². The highest BCUT2D eigenvalue weighted by Gasteiger charge is 2.54. The van der Waals surface area contributed by atoms with E-state index >= 15 is 0 Å². The van der Waals surface area contributed by atoms with Gasteiger partial charge in [0.15, 0.2) is 5.78 Å². The lowest BCUT2D eigenvalue weighted by molar-refractivity contribution is -0.127. The van der Waals surface area contributed by atoms with E-state index in [2.05, 4.69) is 20.8 Å². The Hall–Kier alpha value is -2.20. The molecule has 0 aliphatic heterocycles. The number of ketones is 1. The lowest BCUT2D eigenvalue weighted by atomic mass is 9.54. The number of rotatable bonds is 7. The molecular weight excluding hydrogens is 400 g/mol. The predicted molar refractivity (Wildman–Crippen MR) is 125 cm³/mol. The van der Waals surface area contributed by atoms with Crippen molar-refractivity contribution < 1.29 is 19.1 Å². The summed E-state index contributed by atoms with van der Waals surface area (Å²) in [6.45, 7) is 8.05. The summed E-state index contributed by atoms with van der Waals surface area (Å²) in [4.78, 5) is 24.6. The van der Waals surface area contributed by atoms with E-state index in [4.69, 9.17) is 9.47 Å². The number of allylic oxidation sites excluding steroid dienone is 3. The van der Waals surface area contributed by atoms with Gasteiger partial charge in [-0.3, -0.25) is 9.59 Å². The SMILES string of the molecule is COc1ccc(COC[C@@H](C)C2=C3[C@H]4CCC(C=O)=CC(=O)[C@]4(C)CC[C@@]3(C)CC2)cc1. The molecule has 0 saturated heterocycles. The first-order valence-corrected chi connectivity index (χ1v) is 11.9. The van der Waals surface area contributed by atoms with E-state index in [9.17, 15) is 9.59 Å². The van der Waals surface area contributed by atoms with Crippen LogP contribution in [-0.2, 0) is 20.9 Å². The summed E-state index contributed by atoms with van der Waals surface area (Å²) in [6.07, 6.45) is 8.31. The third-order valence-corrected chi connectivity index (χ3v) is 8.40. The Kier molecular flexibility index (Phi) is 6.44. The second-order valence-corrected chi connectivity index (χ2v) is 10.5. The van der Waals surface area contributed by atoms with E-state index in [-0.39, 0.29) is 17.1 Å². The first-order valence-electron chi connectivity index (χ1n) is 11.9. The summed E-state index contributed by atoms with van der Waals surface area (Å²) in [7, 11) is 1.67. The molecule has 0 bridgehead atoms. The molecule has 1 aromatic rings. The molecule has 32 heavy (non-hydrogen) atoms. The highest BCUT2D eigenvalue weighted by Crippen LogP contribution is 2.62. The van der Waals surface area contributed by atoms with Gasteiger partial charge in [0.2, 0.25) is 0 Å². The molecule has 0 radical (unpaired) electrons. The van der Waals surface area contributed by atoms with Gasteiger partial charge in [-0.25, -0.2) is 0 Å². The number of methoxy groups -OCH3 is 1. The van der Waals surface area contributed by atoms with Crippen molar-refractivity contribution in [3.05, 3.63) is 52.6 Å². The lowest BCUT2D eigenvalue weighted by Crippen LogP contribution is -2.44. The van der Waals surface area contributed by atoms with Gasteiger partial charge in [0, 0.05) is 11.3 Å². The van der Waals surface area contributed by atoms with Gasteiger partial charge >= 0.3 is 0 Å². The molecule has 4 atom stereocenters. The van der Waals surface area contributed by atoms with Gasteiger partial charge in [-0.05, 0) is 79.2 Å². The van der Waals surface area contributed by atoms with E-state index in [1.165, 1.54) is 11.1 Å². The first kappa shape index (κ1) is 23.0. The van der Waals surface area contributed by atoms with Crippen molar-refractivity contribution in [3.63, 3.8) is 0 Å². The average molecular weight is 437 g/mol. The molecule has 4 heteroatoms. The van der Waals surface area contributed by atoms with Crippen LogP contribution in [0, 0.1) is 22.7 Å². The van der Waals surface area contributed by atoms with Crippen LogP contribution in [0.3, 0.4) is 0 Å². The summed E-state index contributed by atoms with van der Waals surface area (Å²) in [5.74, 6) is 1.55. The van der Waals surface area contributed by atoms with E-state index in [0.29, 0.717) is 31.1 Å². The van der Waals surface area contributed by atoms with Crippen LogP contribution in [0.1, 0.15) is 64.9 Å². The number of carbonyl (C=O) groups is 2. The minimum atomic E-state index is -0.390. The average Bonchev–Trinajstić information content (AvgIpc) is 3.09. The van der Waals surface area contributed by atoms with E-state index in [0.717, 1.165) is 49.7 Å². The number of hydrogen-bond donors (Lipinski definition) is 0. The molecule has 0 spiro atoms. The Morgan fingerprint density at radius 2 is 1.88 bits per heavy atom. The number of benzene rings is 1. The largest absolute Gasteiger partial charge is 0.497 e. The second-order valence-electron chi connectivity index (χ2n) is 10.5. The standard InChI is InChI=1S/C28H36O4/c1-19(17-32-18-20-5-8-22(31-4)9-6-20)23-11-12-27(2)13-14-28(3)24(26(23)27)10-7-21(16-29)15-25(28)30/h5-6,8-9,15-16,19,24H,7,10-14,17-18H2,1-4H3/t19-,24-,27-,28-/m1/s1. The van der Waals surface area contributed by atoms with E-state index in [1.54, 1.807) is 13.2 Å². The van der Waals surface area contributed by atoms with Gasteiger partial charge in [-0.1, -0.05) is 44.1 Å². The molecule has 3 aliphatic rings. The van der Waals surface area contributed by atoms with E-state index < -0.39 is 5.41 Å². The fourth-order valence-corrected chi connectivity index (χ4v) is 6.25. The Bertz CT molecular complexity index is 941. The van der Waals surface area contributed by atoms with Crippen molar-refractivity contribution in [1.29, 1.82) is 0 Å². The number of ether oxygens (including phenoxy) is 2. The van der Waals surface area contributed by atoms with Crippen molar-refractivity contribution in [2.24, 2.45) is 22.7 Å². The van der Waals surface area contributed by atoms with Gasteiger partial charge in [-0.15, -0.1) is 0 Å². The van der Waals surface area contributed by atoms with Crippen molar-refractivity contribution in [3.8, 4) is 5.75 Å². The van der Waals surface area contributed by atoms with Crippen LogP contribution in [0.15, 0.2) is 47.1 Å². The summed E-state index contributed by atoms with van der Waals surface area (Å²) in [5.41, 5.74) is 4.60. The molecular formula is C28H36O4. The molecule has 4 rings (SSSR count). The maximum Gasteiger partial charge on any atom is 0.162 e. The zero-order chi connectivity index (χ0) is 22.9. The maximum atomic E-state index is 13.2.